The van der Waals surface area contributed by atoms with Crippen LogP contribution in [0.3, 0.4) is 0 Å². The monoisotopic (exact) mass is 241 g/mol. The molecule has 0 aromatic rings. The summed E-state index contributed by atoms with van der Waals surface area (Å²) in [6, 6.07) is 0. The van der Waals surface area contributed by atoms with Crippen LogP contribution in [0.4, 0.5) is 0 Å². The fourth-order valence-electron chi connectivity index (χ4n) is 3.13. The second-order valence-electron chi connectivity index (χ2n) is 6.18. The lowest BCUT2D eigenvalue weighted by molar-refractivity contribution is -0.102. The Hall–Kier alpha value is -0.160. The van der Waals surface area contributed by atoms with E-state index in [1.807, 2.05) is 0 Å². The van der Waals surface area contributed by atoms with Crippen molar-refractivity contribution in [3.63, 3.8) is 0 Å². The summed E-state index contributed by atoms with van der Waals surface area (Å²) in [4.78, 5) is 0. The molecule has 0 radical (unpaired) electrons. The average molecular weight is 241 g/mol. The highest BCUT2D eigenvalue weighted by Crippen LogP contribution is 2.31. The maximum Gasteiger partial charge on any atom is 0.0645 e. The molecule has 0 spiro atoms. The van der Waals surface area contributed by atoms with Crippen LogP contribution in [0.15, 0.2) is 0 Å². The van der Waals surface area contributed by atoms with Crippen molar-refractivity contribution in [3.05, 3.63) is 0 Å². The van der Waals surface area contributed by atoms with Crippen LogP contribution >= 0.6 is 0 Å². The van der Waals surface area contributed by atoms with Gasteiger partial charge in [0.25, 0.3) is 0 Å². The highest BCUT2D eigenvalue weighted by Gasteiger charge is 2.41. The van der Waals surface area contributed by atoms with E-state index in [1.165, 1.54) is 19.3 Å². The molecule has 1 atom stereocenters. The van der Waals surface area contributed by atoms with Gasteiger partial charge in [-0.05, 0) is 39.5 Å². The van der Waals surface area contributed by atoms with Crippen LogP contribution in [-0.2, 0) is 4.74 Å². The fraction of sp³-hybridized carbons (Fsp3) is 1.00. The second kappa shape index (κ2) is 5.22. The first-order valence-electron chi connectivity index (χ1n) is 6.92. The molecule has 100 valence electrons. The van der Waals surface area contributed by atoms with E-state index < -0.39 is 0 Å². The molecule has 0 aromatic heterocycles. The quantitative estimate of drug-likeness (QED) is 0.781. The van der Waals surface area contributed by atoms with Gasteiger partial charge in [-0.1, -0.05) is 6.42 Å². The summed E-state index contributed by atoms with van der Waals surface area (Å²) in [5, 5.41) is 2.37. The maximum absolute atomic E-state index is 6.03. The van der Waals surface area contributed by atoms with E-state index in [0.29, 0.717) is 6.54 Å². The molecule has 3 N–H and O–H groups in total. The van der Waals surface area contributed by atoms with E-state index in [-0.39, 0.29) is 11.1 Å². The molecule has 0 aliphatic carbocycles. The minimum absolute atomic E-state index is 0.0408. The largest absolute Gasteiger partial charge is 0.375 e. The molecular formula is C13H27N3O. The lowest BCUT2D eigenvalue weighted by atomic mass is 9.82. The van der Waals surface area contributed by atoms with Crippen LogP contribution in [0, 0.1) is 0 Å². The Kier molecular flexibility index (Phi) is 4.08. The van der Waals surface area contributed by atoms with E-state index >= 15 is 0 Å². The van der Waals surface area contributed by atoms with Crippen molar-refractivity contribution in [1.82, 2.24) is 10.4 Å². The van der Waals surface area contributed by atoms with Crippen LogP contribution in [0.2, 0.25) is 0 Å². The number of rotatable bonds is 3. The molecule has 17 heavy (non-hydrogen) atoms. The predicted octanol–water partition coefficient (Wildman–Crippen LogP) is 1.26. The van der Waals surface area contributed by atoms with Crippen molar-refractivity contribution in [1.29, 1.82) is 0 Å². The molecule has 0 amide bonds. The first-order valence-corrected chi connectivity index (χ1v) is 6.92. The highest BCUT2D eigenvalue weighted by molar-refractivity contribution is 4.97. The molecule has 4 nitrogen and oxygen atoms in total. The van der Waals surface area contributed by atoms with Crippen molar-refractivity contribution in [2.75, 3.05) is 26.2 Å². The van der Waals surface area contributed by atoms with Crippen molar-refractivity contribution in [2.24, 2.45) is 5.73 Å². The number of nitrogens with one attached hydrogen (secondary N) is 1. The molecule has 2 saturated heterocycles. The Labute approximate surface area is 105 Å². The number of ether oxygens (including phenoxy) is 1. The number of hydrogen-bond donors (Lipinski definition) is 2. The third-order valence-electron chi connectivity index (χ3n) is 3.98. The highest BCUT2D eigenvalue weighted by atomic mass is 16.5. The smallest absolute Gasteiger partial charge is 0.0645 e. The van der Waals surface area contributed by atoms with E-state index in [1.54, 1.807) is 0 Å². The third-order valence-corrected chi connectivity index (χ3v) is 3.98. The average Bonchev–Trinajstić information content (AvgIpc) is 2.29. The Morgan fingerprint density at radius 2 is 1.94 bits per heavy atom. The Balaban J connectivity index is 1.97. The zero-order valence-electron chi connectivity index (χ0n) is 11.3. The van der Waals surface area contributed by atoms with Gasteiger partial charge in [-0.15, -0.1) is 0 Å². The first-order chi connectivity index (χ1) is 8.05. The lowest BCUT2D eigenvalue weighted by Gasteiger charge is -2.47. The number of piperidine rings is 1. The summed E-state index contributed by atoms with van der Waals surface area (Å²) in [7, 11) is 0. The fourth-order valence-corrected chi connectivity index (χ4v) is 3.13. The van der Waals surface area contributed by atoms with Crippen LogP contribution in [-0.4, -0.2) is 42.4 Å². The summed E-state index contributed by atoms with van der Waals surface area (Å²) < 4.78 is 5.80. The summed E-state index contributed by atoms with van der Waals surface area (Å²) in [6.45, 7) is 8.14. The van der Waals surface area contributed by atoms with E-state index in [0.717, 1.165) is 32.5 Å². The van der Waals surface area contributed by atoms with Gasteiger partial charge in [0.1, 0.15) is 0 Å². The minimum atomic E-state index is -0.0552. The Bertz CT molecular complexity index is 251. The molecule has 2 aliphatic rings. The van der Waals surface area contributed by atoms with E-state index in [4.69, 9.17) is 10.5 Å². The van der Waals surface area contributed by atoms with Crippen molar-refractivity contribution in [2.45, 2.75) is 57.1 Å². The molecule has 1 unspecified atom stereocenters. The van der Waals surface area contributed by atoms with Crippen LogP contribution < -0.4 is 11.2 Å². The van der Waals surface area contributed by atoms with Crippen molar-refractivity contribution in [3.8, 4) is 0 Å². The molecule has 0 bridgehead atoms. The van der Waals surface area contributed by atoms with Crippen molar-refractivity contribution >= 4 is 0 Å². The van der Waals surface area contributed by atoms with Gasteiger partial charge in [0.2, 0.25) is 0 Å². The predicted molar refractivity (Wildman–Crippen MR) is 69.6 cm³/mol. The summed E-state index contributed by atoms with van der Waals surface area (Å²) >= 11 is 0. The zero-order valence-corrected chi connectivity index (χ0v) is 11.3. The van der Waals surface area contributed by atoms with Crippen LogP contribution in [0.25, 0.3) is 0 Å². The van der Waals surface area contributed by atoms with Gasteiger partial charge in [0, 0.05) is 31.8 Å². The second-order valence-corrected chi connectivity index (χ2v) is 6.18. The SMILES string of the molecule is CC1(C)CC(CN)(NN2CCCCC2)CCO1. The third kappa shape index (κ3) is 3.41. The van der Waals surface area contributed by atoms with Gasteiger partial charge in [0.15, 0.2) is 0 Å². The van der Waals surface area contributed by atoms with Gasteiger partial charge >= 0.3 is 0 Å². The Morgan fingerprint density at radius 3 is 2.53 bits per heavy atom. The number of hydrogen-bond acceptors (Lipinski definition) is 4. The molecule has 0 aromatic carbocycles. The normalized spacial score (nSPS) is 34.8. The molecule has 2 heterocycles. The van der Waals surface area contributed by atoms with E-state index in [9.17, 15) is 0 Å². The number of nitrogens with zero attached hydrogens (tertiary/aromatic N) is 1. The zero-order chi connectivity index (χ0) is 12.4. The van der Waals surface area contributed by atoms with E-state index in [2.05, 4.69) is 24.3 Å². The van der Waals surface area contributed by atoms with Crippen molar-refractivity contribution < 1.29 is 4.74 Å². The van der Waals surface area contributed by atoms with Gasteiger partial charge in [0.05, 0.1) is 5.60 Å². The molecule has 0 saturated carbocycles. The minimum Gasteiger partial charge on any atom is -0.375 e. The van der Waals surface area contributed by atoms with Gasteiger partial charge in [-0.2, -0.15) is 0 Å². The molecule has 2 fully saturated rings. The summed E-state index contributed by atoms with van der Waals surface area (Å²) in [5.41, 5.74) is 9.72. The molecule has 2 aliphatic heterocycles. The van der Waals surface area contributed by atoms with Crippen LogP contribution in [0.5, 0.6) is 0 Å². The number of hydrazine groups is 1. The maximum atomic E-state index is 6.03. The standard InChI is InChI=1S/C13H27N3O/c1-12(2)10-13(11-14,6-9-17-12)15-16-7-4-3-5-8-16/h15H,3-11,14H2,1-2H3. The van der Waals surface area contributed by atoms with Gasteiger partial charge in [-0.25, -0.2) is 10.4 Å². The summed E-state index contributed by atoms with van der Waals surface area (Å²) in [5.74, 6) is 0. The van der Waals surface area contributed by atoms with Gasteiger partial charge < -0.3 is 10.5 Å². The first kappa shape index (κ1) is 13.3. The topological polar surface area (TPSA) is 50.5 Å². The molecule has 2 rings (SSSR count). The van der Waals surface area contributed by atoms with Crippen LogP contribution in [0.1, 0.15) is 46.0 Å². The lowest BCUT2D eigenvalue weighted by Crippen LogP contribution is -2.64. The Morgan fingerprint density at radius 1 is 1.24 bits per heavy atom. The number of nitrogens with two attached hydrogens (primary N) is 1. The molecule has 4 heteroatoms. The molecular weight excluding hydrogens is 214 g/mol. The van der Waals surface area contributed by atoms with Gasteiger partial charge in [-0.3, -0.25) is 0 Å². The summed E-state index contributed by atoms with van der Waals surface area (Å²) in [6.07, 6.45) is 5.97.